The van der Waals surface area contributed by atoms with E-state index in [1.807, 2.05) is 48.5 Å². The van der Waals surface area contributed by atoms with Crippen LogP contribution in [0.1, 0.15) is 17.2 Å². The number of rotatable bonds is 5. The van der Waals surface area contributed by atoms with Crippen LogP contribution in [0.2, 0.25) is 0 Å². The number of esters is 1. The van der Waals surface area contributed by atoms with Crippen LogP contribution < -0.4 is 5.32 Å². The van der Waals surface area contributed by atoms with Gasteiger partial charge < -0.3 is 10.1 Å². The molecule has 0 unspecified atom stereocenters. The first-order valence-electron chi connectivity index (χ1n) is 6.67. The minimum absolute atomic E-state index is 0.222. The van der Waals surface area contributed by atoms with Crippen LogP contribution in [-0.4, -0.2) is 19.0 Å². The van der Waals surface area contributed by atoms with E-state index in [1.54, 1.807) is 12.1 Å². The summed E-state index contributed by atoms with van der Waals surface area (Å²) in [5, 5.41) is 2.72. The van der Waals surface area contributed by atoms with Crippen molar-refractivity contribution in [2.45, 2.75) is 12.5 Å². The zero-order valence-corrected chi connectivity index (χ0v) is 11.8. The number of hydrogen-bond donors (Lipinski definition) is 1. The van der Waals surface area contributed by atoms with Gasteiger partial charge in [0.25, 0.3) is 0 Å². The Kier molecular flexibility index (Phi) is 5.10. The lowest BCUT2D eigenvalue weighted by atomic mass is 10.1. The molecule has 0 spiro atoms. The van der Waals surface area contributed by atoms with Gasteiger partial charge in [0.05, 0.1) is 13.5 Å². The summed E-state index contributed by atoms with van der Waals surface area (Å²) >= 11 is 0. The van der Waals surface area contributed by atoms with E-state index in [9.17, 15) is 9.59 Å². The second kappa shape index (κ2) is 7.24. The monoisotopic (exact) mass is 283 g/mol. The zero-order chi connectivity index (χ0) is 15.1. The summed E-state index contributed by atoms with van der Waals surface area (Å²) in [7, 11) is 1.31. The highest BCUT2D eigenvalue weighted by atomic mass is 16.5. The first-order chi connectivity index (χ1) is 10.2. The van der Waals surface area contributed by atoms with E-state index in [1.165, 1.54) is 7.11 Å². The van der Waals surface area contributed by atoms with E-state index in [-0.39, 0.29) is 12.3 Å². The highest BCUT2D eigenvalue weighted by molar-refractivity contribution is 5.86. The van der Waals surface area contributed by atoms with Crippen LogP contribution in [0, 0.1) is 0 Å². The Morgan fingerprint density at radius 3 is 2.14 bits per heavy atom. The topological polar surface area (TPSA) is 55.4 Å². The third kappa shape index (κ3) is 4.18. The van der Waals surface area contributed by atoms with Gasteiger partial charge in [-0.1, -0.05) is 60.7 Å². The number of benzene rings is 2. The van der Waals surface area contributed by atoms with Crippen molar-refractivity contribution < 1.29 is 14.3 Å². The summed E-state index contributed by atoms with van der Waals surface area (Å²) in [6, 6.07) is 17.6. The highest BCUT2D eigenvalue weighted by Gasteiger charge is 2.23. The maximum Gasteiger partial charge on any atom is 0.333 e. The Bertz CT molecular complexity index is 596. The smallest absolute Gasteiger partial charge is 0.333 e. The van der Waals surface area contributed by atoms with Crippen molar-refractivity contribution in [3.63, 3.8) is 0 Å². The molecule has 108 valence electrons. The summed E-state index contributed by atoms with van der Waals surface area (Å²) in [6.07, 6.45) is 0.223. The van der Waals surface area contributed by atoms with Crippen molar-refractivity contribution in [1.82, 2.24) is 5.32 Å². The number of nitrogens with one attached hydrogen (secondary N) is 1. The molecule has 0 aliphatic heterocycles. The Hall–Kier alpha value is -2.62. The molecule has 2 aromatic carbocycles. The summed E-state index contributed by atoms with van der Waals surface area (Å²) in [4.78, 5) is 24.0. The highest BCUT2D eigenvalue weighted by Crippen LogP contribution is 2.14. The molecule has 4 heteroatoms. The summed E-state index contributed by atoms with van der Waals surface area (Å²) < 4.78 is 4.76. The maximum atomic E-state index is 12.1. The standard InChI is InChI=1S/C17H17NO3/c1-21-17(20)16(14-10-6-3-7-11-14)18-15(19)12-13-8-4-2-5-9-13/h2-11,16H,12H2,1H3,(H,18,19)/t16-/m0/s1. The largest absolute Gasteiger partial charge is 0.467 e. The van der Waals surface area contributed by atoms with E-state index >= 15 is 0 Å². The van der Waals surface area contributed by atoms with Crippen LogP contribution in [0.25, 0.3) is 0 Å². The minimum atomic E-state index is -0.785. The van der Waals surface area contributed by atoms with Gasteiger partial charge >= 0.3 is 5.97 Å². The SMILES string of the molecule is COC(=O)[C@@H](NC(=O)Cc1ccccc1)c1ccccc1. The van der Waals surface area contributed by atoms with Gasteiger partial charge in [-0.05, 0) is 11.1 Å². The fraction of sp³-hybridized carbons (Fsp3) is 0.176. The molecule has 2 rings (SSSR count). The molecule has 0 aromatic heterocycles. The number of ether oxygens (including phenoxy) is 1. The van der Waals surface area contributed by atoms with Crippen molar-refractivity contribution in [1.29, 1.82) is 0 Å². The van der Waals surface area contributed by atoms with Crippen molar-refractivity contribution in [3.8, 4) is 0 Å². The van der Waals surface area contributed by atoms with Gasteiger partial charge in [-0.25, -0.2) is 4.79 Å². The molecule has 1 atom stereocenters. The number of hydrogen-bond acceptors (Lipinski definition) is 3. The number of carbonyl (C=O) groups is 2. The van der Waals surface area contributed by atoms with E-state index in [0.717, 1.165) is 5.56 Å². The van der Waals surface area contributed by atoms with Gasteiger partial charge in [0.2, 0.25) is 5.91 Å². The molecule has 1 N–H and O–H groups in total. The molecule has 1 amide bonds. The van der Waals surface area contributed by atoms with Crippen molar-refractivity contribution in [3.05, 3.63) is 71.8 Å². The summed E-state index contributed by atoms with van der Waals surface area (Å²) in [5.41, 5.74) is 1.59. The Labute approximate surface area is 123 Å². The molecule has 0 heterocycles. The van der Waals surface area contributed by atoms with Crippen molar-refractivity contribution in [2.24, 2.45) is 0 Å². The molecule has 0 fully saturated rings. The minimum Gasteiger partial charge on any atom is -0.467 e. The lowest BCUT2D eigenvalue weighted by molar-refractivity contribution is -0.145. The molecule has 0 radical (unpaired) electrons. The first kappa shape index (κ1) is 14.8. The molecule has 2 aromatic rings. The molecule has 4 nitrogen and oxygen atoms in total. The zero-order valence-electron chi connectivity index (χ0n) is 11.8. The second-order valence-corrected chi connectivity index (χ2v) is 4.60. The maximum absolute atomic E-state index is 12.1. The summed E-state index contributed by atoms with van der Waals surface area (Å²) in [6.45, 7) is 0. The van der Waals surface area contributed by atoms with E-state index in [2.05, 4.69) is 5.32 Å². The van der Waals surface area contributed by atoms with Gasteiger partial charge in [0.15, 0.2) is 6.04 Å². The number of amides is 1. The predicted octanol–water partition coefficient (Wildman–Crippen LogP) is 2.26. The fourth-order valence-electron chi connectivity index (χ4n) is 2.03. The lowest BCUT2D eigenvalue weighted by Crippen LogP contribution is -2.35. The van der Waals surface area contributed by atoms with Gasteiger partial charge in [-0.3, -0.25) is 4.79 Å². The third-order valence-electron chi connectivity index (χ3n) is 3.08. The van der Waals surface area contributed by atoms with Crippen LogP contribution in [0.4, 0.5) is 0 Å². The predicted molar refractivity (Wildman–Crippen MR) is 79.5 cm³/mol. The Morgan fingerprint density at radius 2 is 1.57 bits per heavy atom. The Balaban J connectivity index is 2.09. The molecular weight excluding hydrogens is 266 g/mol. The molecule has 0 aliphatic carbocycles. The van der Waals surface area contributed by atoms with Gasteiger partial charge in [-0.15, -0.1) is 0 Å². The van der Waals surface area contributed by atoms with Gasteiger partial charge in [0, 0.05) is 0 Å². The average molecular weight is 283 g/mol. The molecule has 0 bridgehead atoms. The molecule has 0 saturated carbocycles. The molecular formula is C17H17NO3. The molecule has 21 heavy (non-hydrogen) atoms. The quantitative estimate of drug-likeness (QED) is 0.856. The fourth-order valence-corrected chi connectivity index (χ4v) is 2.03. The second-order valence-electron chi connectivity index (χ2n) is 4.60. The van der Waals surface area contributed by atoms with E-state index < -0.39 is 12.0 Å². The van der Waals surface area contributed by atoms with Crippen LogP contribution in [-0.2, 0) is 20.7 Å². The first-order valence-corrected chi connectivity index (χ1v) is 6.67. The van der Waals surface area contributed by atoms with Gasteiger partial charge in [0.1, 0.15) is 0 Å². The van der Waals surface area contributed by atoms with Crippen LogP contribution in [0.15, 0.2) is 60.7 Å². The van der Waals surface area contributed by atoms with E-state index in [4.69, 9.17) is 4.74 Å². The van der Waals surface area contributed by atoms with Crippen LogP contribution in [0.5, 0.6) is 0 Å². The van der Waals surface area contributed by atoms with Gasteiger partial charge in [-0.2, -0.15) is 0 Å². The lowest BCUT2D eigenvalue weighted by Gasteiger charge is -2.16. The number of carbonyl (C=O) groups excluding carboxylic acids is 2. The molecule has 0 aliphatic rings. The average Bonchev–Trinajstić information content (AvgIpc) is 2.53. The molecule has 0 saturated heterocycles. The van der Waals surface area contributed by atoms with E-state index in [0.29, 0.717) is 5.56 Å². The summed E-state index contributed by atoms with van der Waals surface area (Å²) in [5.74, 6) is -0.705. The third-order valence-corrected chi connectivity index (χ3v) is 3.08. The van der Waals surface area contributed by atoms with Crippen LogP contribution >= 0.6 is 0 Å². The normalized spacial score (nSPS) is 11.5. The number of methoxy groups -OCH3 is 1. The van der Waals surface area contributed by atoms with Crippen molar-refractivity contribution in [2.75, 3.05) is 7.11 Å². The Morgan fingerprint density at radius 1 is 1.00 bits per heavy atom. The van der Waals surface area contributed by atoms with Crippen molar-refractivity contribution >= 4 is 11.9 Å². The van der Waals surface area contributed by atoms with Crippen LogP contribution in [0.3, 0.4) is 0 Å².